The molecule has 3 amide bonds. The summed E-state index contributed by atoms with van der Waals surface area (Å²) in [5.74, 6) is -0.742. The quantitative estimate of drug-likeness (QED) is 0.584. The molecule has 1 aliphatic rings. The monoisotopic (exact) mass is 213 g/mol. The summed E-state index contributed by atoms with van der Waals surface area (Å²) in [6, 6.07) is -1.17. The first-order chi connectivity index (χ1) is 6.97. The summed E-state index contributed by atoms with van der Waals surface area (Å²) in [5, 5.41) is 4.96. The Morgan fingerprint density at radius 1 is 1.60 bits per heavy atom. The van der Waals surface area contributed by atoms with Gasteiger partial charge in [0.15, 0.2) is 0 Å². The fourth-order valence-corrected chi connectivity index (χ4v) is 1.51. The van der Waals surface area contributed by atoms with E-state index >= 15 is 0 Å². The van der Waals surface area contributed by atoms with Crippen LogP contribution in [-0.4, -0.2) is 48.3 Å². The van der Waals surface area contributed by atoms with Crippen LogP contribution in [0.15, 0.2) is 0 Å². The van der Waals surface area contributed by atoms with Gasteiger partial charge in [-0.2, -0.15) is 0 Å². The van der Waals surface area contributed by atoms with Crippen LogP contribution in [0.5, 0.6) is 0 Å². The van der Waals surface area contributed by atoms with Crippen LogP contribution in [0.2, 0.25) is 0 Å². The van der Waals surface area contributed by atoms with Gasteiger partial charge in [-0.25, -0.2) is 0 Å². The van der Waals surface area contributed by atoms with Gasteiger partial charge in [-0.3, -0.25) is 14.4 Å². The summed E-state index contributed by atoms with van der Waals surface area (Å²) < 4.78 is 0. The highest BCUT2D eigenvalue weighted by Crippen LogP contribution is 2.07. The number of hydrogen-bond donors (Lipinski definition) is 2. The minimum absolute atomic E-state index is 0.0578. The van der Waals surface area contributed by atoms with Crippen molar-refractivity contribution in [3.8, 4) is 0 Å². The molecule has 0 radical (unpaired) electrons. The van der Waals surface area contributed by atoms with Gasteiger partial charge in [-0.05, 0) is 13.8 Å². The molecule has 0 aromatic carbocycles. The molecule has 0 spiro atoms. The lowest BCUT2D eigenvalue weighted by atomic mass is 10.1. The Labute approximate surface area is 88.0 Å². The van der Waals surface area contributed by atoms with E-state index in [1.165, 1.54) is 11.9 Å². The summed E-state index contributed by atoms with van der Waals surface area (Å²) in [4.78, 5) is 35.5. The van der Waals surface area contributed by atoms with E-state index in [1.807, 2.05) is 0 Å². The lowest BCUT2D eigenvalue weighted by molar-refractivity contribution is -0.149. The Balaban J connectivity index is 2.79. The van der Waals surface area contributed by atoms with Crippen molar-refractivity contribution in [2.75, 3.05) is 13.6 Å². The van der Waals surface area contributed by atoms with Gasteiger partial charge in [0.2, 0.25) is 17.7 Å². The van der Waals surface area contributed by atoms with Crippen LogP contribution in [0, 0.1) is 0 Å². The Morgan fingerprint density at radius 3 is 2.73 bits per heavy atom. The maximum atomic E-state index is 11.7. The highest BCUT2D eigenvalue weighted by atomic mass is 16.2. The number of amides is 3. The highest BCUT2D eigenvalue weighted by molar-refractivity contribution is 5.97. The SMILES string of the molecule is CNC(=O)[C@H](C)N1CC(=O)N[C@@H](C)C1=O. The molecular formula is C9H15N3O3. The third kappa shape index (κ3) is 2.26. The molecule has 1 saturated heterocycles. The van der Waals surface area contributed by atoms with E-state index < -0.39 is 12.1 Å². The van der Waals surface area contributed by atoms with E-state index in [1.54, 1.807) is 13.8 Å². The number of nitrogens with zero attached hydrogens (tertiary/aromatic N) is 1. The van der Waals surface area contributed by atoms with Crippen molar-refractivity contribution in [1.29, 1.82) is 0 Å². The van der Waals surface area contributed by atoms with Crippen LogP contribution in [0.3, 0.4) is 0 Å². The average Bonchev–Trinajstić information content (AvgIpc) is 2.21. The second-order valence-corrected chi connectivity index (χ2v) is 3.55. The van der Waals surface area contributed by atoms with Crippen LogP contribution >= 0.6 is 0 Å². The molecule has 0 aromatic heterocycles. The van der Waals surface area contributed by atoms with Crippen LogP contribution in [0.4, 0.5) is 0 Å². The number of piperazine rings is 1. The van der Waals surface area contributed by atoms with Crippen LogP contribution in [0.1, 0.15) is 13.8 Å². The lowest BCUT2D eigenvalue weighted by Gasteiger charge is -2.34. The van der Waals surface area contributed by atoms with Gasteiger partial charge < -0.3 is 15.5 Å². The van der Waals surface area contributed by atoms with Gasteiger partial charge in [0, 0.05) is 7.05 Å². The minimum Gasteiger partial charge on any atom is -0.357 e. The van der Waals surface area contributed by atoms with Gasteiger partial charge in [0.1, 0.15) is 18.6 Å². The molecule has 6 heteroatoms. The predicted octanol–water partition coefficient (Wildman–Crippen LogP) is -1.53. The standard InChI is InChI=1S/C9H15N3O3/c1-5-9(15)12(4-7(13)11-5)6(2)8(14)10-3/h5-6H,4H2,1-3H3,(H,10,14)(H,11,13)/t5-,6-/m0/s1. The van der Waals surface area contributed by atoms with Crippen molar-refractivity contribution in [3.63, 3.8) is 0 Å². The first kappa shape index (κ1) is 11.5. The first-order valence-corrected chi connectivity index (χ1v) is 4.78. The molecule has 1 fully saturated rings. The Morgan fingerprint density at radius 2 is 2.20 bits per heavy atom. The maximum absolute atomic E-state index is 11.7. The fourth-order valence-electron chi connectivity index (χ4n) is 1.51. The van der Waals surface area contributed by atoms with E-state index in [0.29, 0.717) is 0 Å². The van der Waals surface area contributed by atoms with E-state index in [2.05, 4.69) is 10.6 Å². The Hall–Kier alpha value is -1.59. The molecular weight excluding hydrogens is 198 g/mol. The second-order valence-electron chi connectivity index (χ2n) is 3.55. The predicted molar refractivity (Wildman–Crippen MR) is 52.8 cm³/mol. The largest absolute Gasteiger partial charge is 0.357 e. The number of carbonyl (C=O) groups excluding carboxylic acids is 3. The van der Waals surface area contributed by atoms with Gasteiger partial charge in [-0.1, -0.05) is 0 Å². The summed E-state index contributed by atoms with van der Waals surface area (Å²) >= 11 is 0. The molecule has 0 bridgehead atoms. The van der Waals surface area contributed by atoms with Crippen molar-refractivity contribution in [2.45, 2.75) is 25.9 Å². The Kier molecular flexibility index (Phi) is 3.28. The van der Waals surface area contributed by atoms with E-state index in [4.69, 9.17) is 0 Å². The number of nitrogens with one attached hydrogen (secondary N) is 2. The van der Waals surface area contributed by atoms with E-state index in [9.17, 15) is 14.4 Å². The zero-order chi connectivity index (χ0) is 11.6. The van der Waals surface area contributed by atoms with Crippen molar-refractivity contribution < 1.29 is 14.4 Å². The van der Waals surface area contributed by atoms with Gasteiger partial charge in [0.25, 0.3) is 0 Å². The number of likely N-dealkylation sites (N-methyl/N-ethyl adjacent to an activating group) is 1. The van der Waals surface area contributed by atoms with E-state index in [0.717, 1.165) is 0 Å². The summed E-state index contributed by atoms with van der Waals surface area (Å²) in [6.45, 7) is 3.14. The van der Waals surface area contributed by atoms with Crippen molar-refractivity contribution in [1.82, 2.24) is 15.5 Å². The molecule has 2 atom stereocenters. The van der Waals surface area contributed by atoms with Gasteiger partial charge >= 0.3 is 0 Å². The molecule has 1 aliphatic heterocycles. The lowest BCUT2D eigenvalue weighted by Crippen LogP contribution is -2.61. The number of hydrogen-bond acceptors (Lipinski definition) is 3. The molecule has 0 aromatic rings. The zero-order valence-corrected chi connectivity index (χ0v) is 9.03. The zero-order valence-electron chi connectivity index (χ0n) is 9.03. The maximum Gasteiger partial charge on any atom is 0.246 e. The molecule has 0 aliphatic carbocycles. The van der Waals surface area contributed by atoms with Crippen molar-refractivity contribution in [2.24, 2.45) is 0 Å². The Bertz CT molecular complexity index is 303. The van der Waals surface area contributed by atoms with Crippen molar-refractivity contribution >= 4 is 17.7 Å². The third-order valence-corrected chi connectivity index (χ3v) is 2.44. The first-order valence-electron chi connectivity index (χ1n) is 4.78. The molecule has 1 heterocycles. The van der Waals surface area contributed by atoms with E-state index in [-0.39, 0.29) is 24.3 Å². The van der Waals surface area contributed by atoms with Crippen LogP contribution in [-0.2, 0) is 14.4 Å². The summed E-state index contributed by atoms with van der Waals surface area (Å²) in [5.41, 5.74) is 0. The van der Waals surface area contributed by atoms with Gasteiger partial charge in [0.05, 0.1) is 0 Å². The fraction of sp³-hybridized carbons (Fsp3) is 0.667. The minimum atomic E-state index is -0.615. The second kappa shape index (κ2) is 4.29. The molecule has 0 unspecified atom stereocenters. The molecule has 84 valence electrons. The smallest absolute Gasteiger partial charge is 0.246 e. The van der Waals surface area contributed by atoms with Gasteiger partial charge in [-0.15, -0.1) is 0 Å². The molecule has 2 N–H and O–H groups in total. The van der Waals surface area contributed by atoms with Crippen LogP contribution < -0.4 is 10.6 Å². The summed E-state index contributed by atoms with van der Waals surface area (Å²) in [7, 11) is 1.50. The molecule has 1 rings (SSSR count). The number of carbonyl (C=O) groups is 3. The molecule has 0 saturated carbocycles. The van der Waals surface area contributed by atoms with Crippen molar-refractivity contribution in [3.05, 3.63) is 0 Å². The normalized spacial score (nSPS) is 23.4. The molecule has 15 heavy (non-hydrogen) atoms. The van der Waals surface area contributed by atoms with Crippen LogP contribution in [0.25, 0.3) is 0 Å². The highest BCUT2D eigenvalue weighted by Gasteiger charge is 2.34. The molecule has 6 nitrogen and oxygen atoms in total. The third-order valence-electron chi connectivity index (χ3n) is 2.44. The topological polar surface area (TPSA) is 78.5 Å². The summed E-state index contributed by atoms with van der Waals surface area (Å²) in [6.07, 6.45) is 0. The number of rotatable bonds is 2. The average molecular weight is 213 g/mol.